The SMILES string of the molecule is CN(c1cccnc1C(=O)O)C1CCS(=O)(=O)C1. The Balaban J connectivity index is 2.30. The van der Waals surface area contributed by atoms with Crippen LogP contribution in [0.15, 0.2) is 18.3 Å². The summed E-state index contributed by atoms with van der Waals surface area (Å²) in [6, 6.07) is 3.10. The van der Waals surface area contributed by atoms with Crippen molar-refractivity contribution in [3.05, 3.63) is 24.0 Å². The lowest BCUT2D eigenvalue weighted by atomic mass is 10.2. The van der Waals surface area contributed by atoms with Crippen molar-refractivity contribution in [2.75, 3.05) is 23.5 Å². The van der Waals surface area contributed by atoms with Crippen molar-refractivity contribution in [1.82, 2.24) is 4.98 Å². The van der Waals surface area contributed by atoms with Crippen molar-refractivity contribution >= 4 is 21.5 Å². The molecule has 1 fully saturated rings. The topological polar surface area (TPSA) is 87.6 Å². The van der Waals surface area contributed by atoms with Crippen molar-refractivity contribution in [2.45, 2.75) is 12.5 Å². The molecule has 98 valence electrons. The van der Waals surface area contributed by atoms with Crippen LogP contribution < -0.4 is 4.90 Å². The molecule has 0 radical (unpaired) electrons. The standard InChI is InChI=1S/C11H14N2O4S/c1-13(8-4-6-18(16,17)7-8)9-3-2-5-12-10(9)11(14)15/h2-3,5,8H,4,6-7H2,1H3,(H,14,15). The second-order valence-electron chi connectivity index (χ2n) is 4.34. The van der Waals surface area contributed by atoms with Crippen LogP contribution in [0.2, 0.25) is 0 Å². The Morgan fingerprint density at radius 2 is 2.28 bits per heavy atom. The predicted octanol–water partition coefficient (Wildman–Crippen LogP) is 0.403. The van der Waals surface area contributed by atoms with E-state index in [1.807, 2.05) is 0 Å². The molecular formula is C11H14N2O4S. The minimum absolute atomic E-state index is 0.0516. The summed E-state index contributed by atoms with van der Waals surface area (Å²) in [5.41, 5.74) is 0.399. The number of nitrogens with zero attached hydrogens (tertiary/aromatic N) is 2. The highest BCUT2D eigenvalue weighted by molar-refractivity contribution is 7.91. The van der Waals surface area contributed by atoms with E-state index in [0.29, 0.717) is 12.1 Å². The monoisotopic (exact) mass is 270 g/mol. The summed E-state index contributed by atoms with van der Waals surface area (Å²) in [5.74, 6) is -0.888. The summed E-state index contributed by atoms with van der Waals surface area (Å²) in [5, 5.41) is 9.05. The van der Waals surface area contributed by atoms with Crippen LogP contribution >= 0.6 is 0 Å². The summed E-state index contributed by atoms with van der Waals surface area (Å²) in [6.45, 7) is 0. The van der Waals surface area contributed by atoms with Crippen molar-refractivity contribution in [3.8, 4) is 0 Å². The maximum Gasteiger partial charge on any atom is 0.356 e. The van der Waals surface area contributed by atoms with E-state index in [4.69, 9.17) is 5.11 Å². The first-order valence-corrected chi connectivity index (χ1v) is 7.34. The van der Waals surface area contributed by atoms with E-state index in [1.54, 1.807) is 24.1 Å². The highest BCUT2D eigenvalue weighted by Gasteiger charge is 2.32. The zero-order valence-electron chi connectivity index (χ0n) is 9.91. The Hall–Kier alpha value is -1.63. The zero-order valence-corrected chi connectivity index (χ0v) is 10.7. The van der Waals surface area contributed by atoms with E-state index in [2.05, 4.69) is 4.98 Å². The number of hydrogen-bond donors (Lipinski definition) is 1. The molecule has 2 rings (SSSR count). The quantitative estimate of drug-likeness (QED) is 0.855. The molecule has 1 unspecified atom stereocenters. The van der Waals surface area contributed by atoms with Gasteiger partial charge < -0.3 is 10.0 Å². The Labute approximate surface area is 105 Å². The van der Waals surface area contributed by atoms with E-state index in [0.717, 1.165) is 0 Å². The fourth-order valence-corrected chi connectivity index (χ4v) is 3.90. The van der Waals surface area contributed by atoms with E-state index in [1.165, 1.54) is 6.20 Å². The number of pyridine rings is 1. The van der Waals surface area contributed by atoms with Crippen molar-refractivity contribution < 1.29 is 18.3 Å². The maximum atomic E-state index is 11.4. The third-order valence-corrected chi connectivity index (χ3v) is 4.88. The molecule has 18 heavy (non-hydrogen) atoms. The summed E-state index contributed by atoms with van der Waals surface area (Å²) in [6.07, 6.45) is 1.93. The van der Waals surface area contributed by atoms with E-state index < -0.39 is 15.8 Å². The van der Waals surface area contributed by atoms with Crippen LogP contribution in [0.3, 0.4) is 0 Å². The second kappa shape index (κ2) is 4.56. The van der Waals surface area contributed by atoms with Crippen LogP contribution in [0, 0.1) is 0 Å². The molecule has 1 aromatic rings. The van der Waals surface area contributed by atoms with E-state index in [-0.39, 0.29) is 23.2 Å². The molecule has 0 amide bonds. The lowest BCUT2D eigenvalue weighted by Gasteiger charge is -2.26. The molecule has 1 atom stereocenters. The number of carbonyl (C=O) groups is 1. The Bertz CT molecular complexity index is 570. The molecule has 1 N–H and O–H groups in total. The molecule has 0 aliphatic carbocycles. The molecule has 0 bridgehead atoms. The minimum Gasteiger partial charge on any atom is -0.476 e. The smallest absolute Gasteiger partial charge is 0.356 e. The van der Waals surface area contributed by atoms with Gasteiger partial charge in [0.1, 0.15) is 0 Å². The summed E-state index contributed by atoms with van der Waals surface area (Å²) < 4.78 is 22.9. The van der Waals surface area contributed by atoms with Crippen LogP contribution in [0.4, 0.5) is 5.69 Å². The lowest BCUT2D eigenvalue weighted by molar-refractivity contribution is 0.0691. The van der Waals surface area contributed by atoms with Gasteiger partial charge in [-0.05, 0) is 18.6 Å². The van der Waals surface area contributed by atoms with Crippen LogP contribution in [0.5, 0.6) is 0 Å². The van der Waals surface area contributed by atoms with Gasteiger partial charge in [0.15, 0.2) is 15.5 Å². The molecule has 0 aromatic carbocycles. The van der Waals surface area contributed by atoms with Crippen LogP contribution in [0.25, 0.3) is 0 Å². The number of carboxylic acid groups (broad SMARTS) is 1. The molecule has 1 saturated heterocycles. The average molecular weight is 270 g/mol. The van der Waals surface area contributed by atoms with Gasteiger partial charge in [-0.25, -0.2) is 18.2 Å². The van der Waals surface area contributed by atoms with Gasteiger partial charge in [-0.2, -0.15) is 0 Å². The summed E-state index contributed by atoms with van der Waals surface area (Å²) >= 11 is 0. The Kier molecular flexibility index (Phi) is 3.25. The number of aromatic nitrogens is 1. The molecule has 0 spiro atoms. The third-order valence-electron chi connectivity index (χ3n) is 3.13. The number of rotatable bonds is 3. The molecule has 7 heteroatoms. The Morgan fingerprint density at radius 3 is 2.83 bits per heavy atom. The molecule has 1 aliphatic heterocycles. The van der Waals surface area contributed by atoms with Crippen LogP contribution in [-0.4, -0.2) is 49.1 Å². The van der Waals surface area contributed by atoms with Crippen molar-refractivity contribution in [1.29, 1.82) is 0 Å². The lowest BCUT2D eigenvalue weighted by Crippen LogP contribution is -2.33. The molecule has 1 aromatic heterocycles. The van der Waals surface area contributed by atoms with Gasteiger partial charge in [0.05, 0.1) is 17.2 Å². The first kappa shape index (κ1) is 12.8. The Morgan fingerprint density at radius 1 is 1.56 bits per heavy atom. The average Bonchev–Trinajstić information content (AvgIpc) is 2.68. The first-order valence-electron chi connectivity index (χ1n) is 5.52. The second-order valence-corrected chi connectivity index (χ2v) is 6.57. The summed E-state index contributed by atoms with van der Waals surface area (Å²) in [4.78, 5) is 16.6. The molecular weight excluding hydrogens is 256 g/mol. The number of aromatic carboxylic acids is 1. The number of sulfone groups is 1. The normalized spacial score (nSPS) is 21.7. The summed E-state index contributed by atoms with van der Waals surface area (Å²) in [7, 11) is -1.29. The van der Waals surface area contributed by atoms with Gasteiger partial charge in [0, 0.05) is 19.3 Å². The zero-order chi connectivity index (χ0) is 13.3. The fraction of sp³-hybridized carbons (Fsp3) is 0.455. The largest absolute Gasteiger partial charge is 0.476 e. The van der Waals surface area contributed by atoms with E-state index >= 15 is 0 Å². The van der Waals surface area contributed by atoms with Crippen LogP contribution in [-0.2, 0) is 9.84 Å². The van der Waals surface area contributed by atoms with Crippen molar-refractivity contribution in [2.24, 2.45) is 0 Å². The minimum atomic E-state index is -2.99. The number of carboxylic acids is 1. The molecule has 6 nitrogen and oxygen atoms in total. The van der Waals surface area contributed by atoms with Crippen LogP contribution in [0.1, 0.15) is 16.9 Å². The third kappa shape index (κ3) is 2.45. The predicted molar refractivity (Wildman–Crippen MR) is 66.7 cm³/mol. The van der Waals surface area contributed by atoms with Gasteiger partial charge in [0.25, 0.3) is 0 Å². The molecule has 1 aliphatic rings. The molecule has 0 saturated carbocycles. The van der Waals surface area contributed by atoms with Gasteiger partial charge >= 0.3 is 5.97 Å². The maximum absolute atomic E-state index is 11.4. The number of hydrogen-bond acceptors (Lipinski definition) is 5. The number of anilines is 1. The van der Waals surface area contributed by atoms with Gasteiger partial charge in [-0.3, -0.25) is 0 Å². The highest BCUT2D eigenvalue weighted by Crippen LogP contribution is 2.24. The van der Waals surface area contributed by atoms with E-state index in [9.17, 15) is 13.2 Å². The molecule has 2 heterocycles. The first-order chi connectivity index (χ1) is 8.41. The van der Waals surface area contributed by atoms with Gasteiger partial charge in [-0.1, -0.05) is 0 Å². The van der Waals surface area contributed by atoms with Gasteiger partial charge in [-0.15, -0.1) is 0 Å². The van der Waals surface area contributed by atoms with Gasteiger partial charge in [0.2, 0.25) is 0 Å². The van der Waals surface area contributed by atoms with Crippen molar-refractivity contribution in [3.63, 3.8) is 0 Å². The highest BCUT2D eigenvalue weighted by atomic mass is 32.2. The fourth-order valence-electron chi connectivity index (χ4n) is 2.12.